The minimum atomic E-state index is 0. The Morgan fingerprint density at radius 3 is 1.24 bits per heavy atom. The van der Waals surface area contributed by atoms with Crippen LogP contribution in [0.15, 0.2) is 78.9 Å². The van der Waals surface area contributed by atoms with Gasteiger partial charge in [-0.15, -0.1) is 22.1 Å². The number of hydrogen-bond acceptors (Lipinski definition) is 4. The summed E-state index contributed by atoms with van der Waals surface area (Å²) in [6.07, 6.45) is 8.66. The molecule has 0 radical (unpaired) electrons. The van der Waals surface area contributed by atoms with Gasteiger partial charge in [-0.05, 0) is 194 Å². The van der Waals surface area contributed by atoms with Crippen LogP contribution in [-0.4, -0.2) is 24.2 Å². The molecular formula is C59H50N4NiO2. The van der Waals surface area contributed by atoms with Gasteiger partial charge in [0.2, 0.25) is 0 Å². The maximum Gasteiger partial charge on any atom is 2.00 e. The summed E-state index contributed by atoms with van der Waals surface area (Å²) in [6.45, 7) is 19.7. The summed E-state index contributed by atoms with van der Waals surface area (Å²) >= 11 is 0. The van der Waals surface area contributed by atoms with Gasteiger partial charge in [0.1, 0.15) is 11.5 Å². The normalized spacial score (nSPS) is 12.2. The van der Waals surface area contributed by atoms with Crippen LogP contribution >= 0.6 is 0 Å². The number of aromatic nitrogens is 4. The smallest absolute Gasteiger partial charge is 0.657 e. The Hall–Kier alpha value is -6.95. The fourth-order valence-electron chi connectivity index (χ4n) is 11.3. The van der Waals surface area contributed by atoms with Crippen molar-refractivity contribution in [3.05, 3.63) is 152 Å². The molecule has 0 unspecified atom stereocenters. The molecule has 7 heteroatoms. The number of rotatable bonds is 5. The second kappa shape index (κ2) is 15.9. The quantitative estimate of drug-likeness (QED) is 0.160. The fourth-order valence-corrected chi connectivity index (χ4v) is 11.3. The zero-order valence-corrected chi connectivity index (χ0v) is 40.2. The molecule has 0 spiro atoms. The Bertz CT molecular complexity index is 3720. The molecule has 0 saturated carbocycles. The van der Waals surface area contributed by atoms with Gasteiger partial charge in [0.05, 0.1) is 37.0 Å². The SMILES string of the molecule is COc1ccc2c3c4nc(c(-c5c(C)cc(C)cc5C)c5ccc([n-]5)c(-c5c(C)cc(C)cc5C)c5nc(c(-c6c(C)cc(C)cc6C)c6cc(c3[n-]6)c3c(OC)ccc1c23)C=C5)C=C4.[Ni+2]. The first-order valence-electron chi connectivity index (χ1n) is 22.4. The summed E-state index contributed by atoms with van der Waals surface area (Å²) in [5, 5.41) is 5.99. The van der Waals surface area contributed by atoms with Gasteiger partial charge in [0.15, 0.2) is 0 Å². The van der Waals surface area contributed by atoms with Crippen molar-refractivity contribution in [3.8, 4) is 44.9 Å². The van der Waals surface area contributed by atoms with Gasteiger partial charge < -0.3 is 19.4 Å². The van der Waals surface area contributed by atoms with Crippen molar-refractivity contribution in [2.75, 3.05) is 14.2 Å². The van der Waals surface area contributed by atoms with Crippen molar-refractivity contribution in [2.45, 2.75) is 62.3 Å². The van der Waals surface area contributed by atoms with Crippen LogP contribution in [0.25, 0.3) is 112 Å². The van der Waals surface area contributed by atoms with Crippen LogP contribution < -0.4 is 19.4 Å². The number of fused-ring (bicyclic) bond motifs is 10. The second-order valence-electron chi connectivity index (χ2n) is 18.3. The van der Waals surface area contributed by atoms with Gasteiger partial charge in [-0.1, -0.05) is 71.3 Å². The molecule has 0 atom stereocenters. The first kappa shape index (κ1) is 43.0. The molecule has 6 nitrogen and oxygen atoms in total. The Labute approximate surface area is 395 Å². The van der Waals surface area contributed by atoms with Crippen LogP contribution in [0.2, 0.25) is 0 Å². The topological polar surface area (TPSA) is 72.4 Å². The first-order chi connectivity index (χ1) is 31.3. The number of ether oxygens (including phenoxy) is 2. The molecule has 2 aliphatic heterocycles. The Morgan fingerprint density at radius 1 is 0.364 bits per heavy atom. The Morgan fingerprint density at radius 2 is 0.773 bits per heavy atom. The van der Waals surface area contributed by atoms with Gasteiger partial charge >= 0.3 is 16.5 Å². The van der Waals surface area contributed by atoms with Gasteiger partial charge in [-0.2, -0.15) is 0 Å². The summed E-state index contributed by atoms with van der Waals surface area (Å²) in [5.41, 5.74) is 23.9. The zero-order valence-electron chi connectivity index (χ0n) is 39.2. The van der Waals surface area contributed by atoms with Crippen LogP contribution in [-0.2, 0) is 16.5 Å². The molecule has 2 aliphatic rings. The van der Waals surface area contributed by atoms with Crippen LogP contribution in [0.1, 0.15) is 72.8 Å². The Kier molecular flexibility index (Phi) is 10.3. The van der Waals surface area contributed by atoms with E-state index in [1.165, 1.54) is 50.1 Å². The number of aryl methyl sites for hydroxylation is 9. The average molecular weight is 906 g/mol. The van der Waals surface area contributed by atoms with Crippen molar-refractivity contribution < 1.29 is 26.0 Å². The van der Waals surface area contributed by atoms with Gasteiger partial charge in [0, 0.05) is 16.2 Å². The number of methoxy groups -OCH3 is 2. The third-order valence-electron chi connectivity index (χ3n) is 13.6. The third-order valence-corrected chi connectivity index (χ3v) is 13.6. The molecule has 6 aromatic carbocycles. The fraction of sp³-hybridized carbons (Fsp3) is 0.186. The van der Waals surface area contributed by atoms with E-state index >= 15 is 0 Å². The maximum absolute atomic E-state index is 6.22. The van der Waals surface area contributed by atoms with Crippen LogP contribution in [0.4, 0.5) is 0 Å². The summed E-state index contributed by atoms with van der Waals surface area (Å²) in [7, 11) is 3.47. The monoisotopic (exact) mass is 904 g/mol. The first-order valence-corrected chi connectivity index (χ1v) is 22.4. The van der Waals surface area contributed by atoms with E-state index in [0.717, 1.165) is 122 Å². The number of hydrogen-bond donors (Lipinski definition) is 0. The second-order valence-corrected chi connectivity index (χ2v) is 18.3. The van der Waals surface area contributed by atoms with E-state index in [9.17, 15) is 0 Å². The van der Waals surface area contributed by atoms with Crippen molar-refractivity contribution >= 4 is 78.7 Å². The predicted octanol–water partition coefficient (Wildman–Crippen LogP) is 14.6. The van der Waals surface area contributed by atoms with Crippen molar-refractivity contribution in [1.82, 2.24) is 19.9 Å². The molecule has 5 heterocycles. The van der Waals surface area contributed by atoms with E-state index in [4.69, 9.17) is 29.4 Å². The molecule has 328 valence electrons. The van der Waals surface area contributed by atoms with Crippen molar-refractivity contribution in [2.24, 2.45) is 0 Å². The molecule has 8 bridgehead atoms. The van der Waals surface area contributed by atoms with Gasteiger partial charge in [-0.25, -0.2) is 9.97 Å². The van der Waals surface area contributed by atoms with E-state index in [1.807, 2.05) is 6.07 Å². The molecule has 0 saturated heterocycles. The standard InChI is InChI=1S/C59H50N4O2.Ni/c1-29-22-32(4)50(33(5)23-29)56-42-15-14-41(60-42)54-39-13-20-48(64-10)38-12-21-49(65-11)55(53(38)39)40-28-47(63-59(40)54)58(52-36(8)26-31(3)27-37(52)9)46-19-18-45(62-46)57(44-17-16-43(56)61-44)51-34(6)24-30(2)25-35(51)7;/h12-28H,1-11H3;/q-2;+2. The van der Waals surface area contributed by atoms with E-state index in [2.05, 4.69) is 159 Å². The molecular weight excluding hydrogens is 855 g/mol. The van der Waals surface area contributed by atoms with Crippen LogP contribution in [0.5, 0.6) is 11.5 Å². The van der Waals surface area contributed by atoms with Crippen LogP contribution in [0, 0.1) is 62.3 Å². The van der Waals surface area contributed by atoms with E-state index < -0.39 is 0 Å². The van der Waals surface area contributed by atoms with Crippen molar-refractivity contribution in [1.29, 1.82) is 0 Å². The minimum Gasteiger partial charge on any atom is -0.657 e. The summed E-state index contributed by atoms with van der Waals surface area (Å²) in [6, 6.07) is 28.5. The van der Waals surface area contributed by atoms with E-state index in [0.29, 0.717) is 0 Å². The molecule has 3 aromatic heterocycles. The van der Waals surface area contributed by atoms with Crippen molar-refractivity contribution in [3.63, 3.8) is 0 Å². The van der Waals surface area contributed by atoms with E-state index in [-0.39, 0.29) is 16.5 Å². The average Bonchev–Trinajstić information content (AvgIpc) is 4.10. The molecule has 0 aliphatic carbocycles. The van der Waals surface area contributed by atoms with Crippen LogP contribution in [0.3, 0.4) is 0 Å². The molecule has 66 heavy (non-hydrogen) atoms. The molecule has 9 aromatic rings. The van der Waals surface area contributed by atoms with Gasteiger partial charge in [-0.3, -0.25) is 0 Å². The number of nitrogens with zero attached hydrogens (tertiary/aromatic N) is 4. The summed E-state index contributed by atoms with van der Waals surface area (Å²) in [4.78, 5) is 22.7. The minimum absolute atomic E-state index is 0. The predicted molar refractivity (Wildman–Crippen MR) is 273 cm³/mol. The summed E-state index contributed by atoms with van der Waals surface area (Å²) < 4.78 is 12.2. The van der Waals surface area contributed by atoms with E-state index in [1.54, 1.807) is 14.2 Å². The molecule has 0 amide bonds. The largest absolute Gasteiger partial charge is 2.00 e. The molecule has 11 rings (SSSR count). The number of benzene rings is 6. The zero-order chi connectivity index (χ0) is 45.2. The van der Waals surface area contributed by atoms with Gasteiger partial charge in [0.25, 0.3) is 0 Å². The third kappa shape index (κ3) is 6.50. The molecule has 0 N–H and O–H groups in total. The molecule has 0 fully saturated rings. The Balaban J connectivity index is 0.00000511. The summed E-state index contributed by atoms with van der Waals surface area (Å²) in [5.74, 6) is 1.56. The maximum atomic E-state index is 6.22.